The van der Waals surface area contributed by atoms with Gasteiger partial charge in [0, 0.05) is 35.7 Å². The highest BCUT2D eigenvalue weighted by Crippen LogP contribution is 2.25. The van der Waals surface area contributed by atoms with Gasteiger partial charge < -0.3 is 10.6 Å². The van der Waals surface area contributed by atoms with Gasteiger partial charge in [0.15, 0.2) is 0 Å². The van der Waals surface area contributed by atoms with Crippen LogP contribution in [0.3, 0.4) is 0 Å². The maximum absolute atomic E-state index is 13.1. The average Bonchev–Trinajstić information content (AvgIpc) is 2.67. The van der Waals surface area contributed by atoms with Crippen LogP contribution in [0.15, 0.2) is 73.1 Å². The molecule has 0 fully saturated rings. The molecule has 28 heavy (non-hydrogen) atoms. The quantitative estimate of drug-likeness (QED) is 0.639. The van der Waals surface area contributed by atoms with E-state index in [1.54, 1.807) is 48.8 Å². The Balaban J connectivity index is 1.84. The van der Waals surface area contributed by atoms with E-state index in [9.17, 15) is 9.59 Å². The van der Waals surface area contributed by atoms with Crippen LogP contribution in [0.2, 0.25) is 5.02 Å². The SMILES string of the molecule is CC(=O)Nc1cccc(NC(=O)C(Cc2cccnc2)c2ccc(Cl)cc2)c1. The lowest BCUT2D eigenvalue weighted by Gasteiger charge is -2.18. The second-order valence-corrected chi connectivity index (χ2v) is 6.86. The first-order valence-corrected chi connectivity index (χ1v) is 9.22. The molecule has 3 rings (SSSR count). The maximum atomic E-state index is 13.1. The molecule has 1 heterocycles. The van der Waals surface area contributed by atoms with Crippen LogP contribution >= 0.6 is 11.6 Å². The Morgan fingerprint density at radius 2 is 1.71 bits per heavy atom. The zero-order valence-electron chi connectivity index (χ0n) is 15.4. The van der Waals surface area contributed by atoms with Crippen molar-refractivity contribution in [3.63, 3.8) is 0 Å². The van der Waals surface area contributed by atoms with Crippen LogP contribution in [0.4, 0.5) is 11.4 Å². The van der Waals surface area contributed by atoms with Gasteiger partial charge >= 0.3 is 0 Å². The van der Waals surface area contributed by atoms with Gasteiger partial charge in [-0.2, -0.15) is 0 Å². The summed E-state index contributed by atoms with van der Waals surface area (Å²) in [6.45, 7) is 1.44. The van der Waals surface area contributed by atoms with Crippen molar-refractivity contribution < 1.29 is 9.59 Å². The predicted octanol–water partition coefficient (Wildman–Crippen LogP) is 4.66. The van der Waals surface area contributed by atoms with E-state index in [1.807, 2.05) is 24.3 Å². The predicted molar refractivity (Wildman–Crippen MR) is 112 cm³/mol. The van der Waals surface area contributed by atoms with Crippen molar-refractivity contribution in [3.8, 4) is 0 Å². The minimum Gasteiger partial charge on any atom is -0.326 e. The topological polar surface area (TPSA) is 71.1 Å². The molecule has 0 aliphatic heterocycles. The number of nitrogens with zero attached hydrogens (tertiary/aromatic N) is 1. The van der Waals surface area contributed by atoms with Gasteiger partial charge in [-0.3, -0.25) is 14.6 Å². The molecule has 2 amide bonds. The van der Waals surface area contributed by atoms with Crippen LogP contribution in [0, 0.1) is 0 Å². The van der Waals surface area contributed by atoms with Gasteiger partial charge in [-0.15, -0.1) is 0 Å². The molecule has 0 saturated carbocycles. The molecular formula is C22H20ClN3O2. The molecule has 1 aromatic heterocycles. The number of hydrogen-bond acceptors (Lipinski definition) is 3. The molecule has 0 aliphatic rings. The van der Waals surface area contributed by atoms with E-state index in [2.05, 4.69) is 15.6 Å². The number of hydrogen-bond donors (Lipinski definition) is 2. The summed E-state index contributed by atoms with van der Waals surface area (Å²) in [6.07, 6.45) is 3.97. The summed E-state index contributed by atoms with van der Waals surface area (Å²) in [5, 5.41) is 6.28. The summed E-state index contributed by atoms with van der Waals surface area (Å²) in [4.78, 5) is 28.5. The molecule has 0 spiro atoms. The highest BCUT2D eigenvalue weighted by atomic mass is 35.5. The molecule has 0 aliphatic carbocycles. The molecule has 1 atom stereocenters. The van der Waals surface area contributed by atoms with Crippen LogP contribution in [-0.4, -0.2) is 16.8 Å². The molecule has 142 valence electrons. The van der Waals surface area contributed by atoms with Gasteiger partial charge in [0.2, 0.25) is 11.8 Å². The minimum atomic E-state index is -0.411. The van der Waals surface area contributed by atoms with Gasteiger partial charge in [0.05, 0.1) is 5.92 Å². The standard InChI is InChI=1S/C22H20ClN3O2/c1-15(27)25-19-5-2-6-20(13-19)26-22(28)21(12-16-4-3-11-24-14-16)17-7-9-18(23)10-8-17/h2-11,13-14,21H,12H2,1H3,(H,25,27)(H,26,28). The Labute approximate surface area is 168 Å². The number of carbonyl (C=O) groups excluding carboxylic acids is 2. The Morgan fingerprint density at radius 1 is 1.00 bits per heavy atom. The lowest BCUT2D eigenvalue weighted by Crippen LogP contribution is -2.23. The number of nitrogens with one attached hydrogen (secondary N) is 2. The summed E-state index contributed by atoms with van der Waals surface area (Å²) >= 11 is 6.00. The van der Waals surface area contributed by atoms with E-state index >= 15 is 0 Å². The molecule has 0 radical (unpaired) electrons. The van der Waals surface area contributed by atoms with E-state index in [1.165, 1.54) is 6.92 Å². The van der Waals surface area contributed by atoms with Gasteiger partial charge in [-0.05, 0) is 53.9 Å². The zero-order valence-corrected chi connectivity index (χ0v) is 16.1. The van der Waals surface area contributed by atoms with Crippen molar-refractivity contribution in [3.05, 3.63) is 89.2 Å². The third kappa shape index (κ3) is 5.41. The molecular weight excluding hydrogens is 374 g/mol. The monoisotopic (exact) mass is 393 g/mol. The molecule has 2 aromatic carbocycles. The first kappa shape index (κ1) is 19.6. The minimum absolute atomic E-state index is 0.147. The molecule has 2 N–H and O–H groups in total. The normalized spacial score (nSPS) is 11.5. The van der Waals surface area contributed by atoms with Crippen LogP contribution in [0.25, 0.3) is 0 Å². The largest absolute Gasteiger partial charge is 0.326 e. The van der Waals surface area contributed by atoms with E-state index in [-0.39, 0.29) is 11.8 Å². The number of pyridine rings is 1. The first-order valence-electron chi connectivity index (χ1n) is 8.84. The van der Waals surface area contributed by atoms with Gasteiger partial charge in [-0.1, -0.05) is 35.9 Å². The lowest BCUT2D eigenvalue weighted by molar-refractivity contribution is -0.117. The molecule has 5 nitrogen and oxygen atoms in total. The van der Waals surface area contributed by atoms with Gasteiger partial charge in [0.1, 0.15) is 0 Å². The van der Waals surface area contributed by atoms with Gasteiger partial charge in [0.25, 0.3) is 0 Å². The van der Waals surface area contributed by atoms with Gasteiger partial charge in [-0.25, -0.2) is 0 Å². The summed E-state index contributed by atoms with van der Waals surface area (Å²) in [7, 11) is 0. The fraction of sp³-hybridized carbons (Fsp3) is 0.136. The van der Waals surface area contributed by atoms with E-state index < -0.39 is 5.92 Å². The number of halogens is 1. The smallest absolute Gasteiger partial charge is 0.232 e. The Hall–Kier alpha value is -3.18. The van der Waals surface area contributed by atoms with Crippen molar-refractivity contribution in [2.45, 2.75) is 19.3 Å². The van der Waals surface area contributed by atoms with Crippen molar-refractivity contribution in [1.29, 1.82) is 0 Å². The van der Waals surface area contributed by atoms with Crippen LogP contribution in [-0.2, 0) is 16.0 Å². The molecule has 0 bridgehead atoms. The second kappa shape index (κ2) is 9.15. The summed E-state index contributed by atoms with van der Waals surface area (Å²) < 4.78 is 0. The molecule has 6 heteroatoms. The molecule has 0 saturated heterocycles. The van der Waals surface area contributed by atoms with Crippen LogP contribution in [0.5, 0.6) is 0 Å². The highest BCUT2D eigenvalue weighted by molar-refractivity contribution is 6.30. The molecule has 3 aromatic rings. The highest BCUT2D eigenvalue weighted by Gasteiger charge is 2.21. The number of rotatable bonds is 6. The number of aromatic nitrogens is 1. The number of amides is 2. The zero-order chi connectivity index (χ0) is 19.9. The fourth-order valence-corrected chi connectivity index (χ4v) is 3.04. The lowest BCUT2D eigenvalue weighted by atomic mass is 9.91. The maximum Gasteiger partial charge on any atom is 0.232 e. The van der Waals surface area contributed by atoms with E-state index in [0.717, 1.165) is 11.1 Å². The Bertz CT molecular complexity index is 959. The van der Waals surface area contributed by atoms with Crippen LogP contribution in [0.1, 0.15) is 24.0 Å². The second-order valence-electron chi connectivity index (χ2n) is 6.42. The van der Waals surface area contributed by atoms with Crippen LogP contribution < -0.4 is 10.6 Å². The Morgan fingerprint density at radius 3 is 2.36 bits per heavy atom. The van der Waals surface area contributed by atoms with Crippen molar-refractivity contribution in [2.24, 2.45) is 0 Å². The third-order valence-electron chi connectivity index (χ3n) is 4.20. The summed E-state index contributed by atoms with van der Waals surface area (Å²) in [6, 6.07) is 18.1. The van der Waals surface area contributed by atoms with E-state index in [4.69, 9.17) is 11.6 Å². The molecule has 1 unspecified atom stereocenters. The number of anilines is 2. The van der Waals surface area contributed by atoms with E-state index in [0.29, 0.717) is 22.8 Å². The third-order valence-corrected chi connectivity index (χ3v) is 4.45. The first-order chi connectivity index (χ1) is 13.5. The number of benzene rings is 2. The summed E-state index contributed by atoms with van der Waals surface area (Å²) in [5.74, 6) is -0.726. The van der Waals surface area contributed by atoms with Crippen molar-refractivity contribution in [1.82, 2.24) is 4.98 Å². The summed E-state index contributed by atoms with van der Waals surface area (Å²) in [5.41, 5.74) is 3.07. The van der Waals surface area contributed by atoms with Crippen molar-refractivity contribution in [2.75, 3.05) is 10.6 Å². The Kier molecular flexibility index (Phi) is 6.40. The number of carbonyl (C=O) groups is 2. The van der Waals surface area contributed by atoms with Crippen molar-refractivity contribution >= 4 is 34.8 Å². The fourth-order valence-electron chi connectivity index (χ4n) is 2.92. The average molecular weight is 394 g/mol.